The van der Waals surface area contributed by atoms with Crippen LogP contribution in [0.2, 0.25) is 0 Å². The molecule has 1 aliphatic carbocycles. The molecule has 0 aromatic heterocycles. The van der Waals surface area contributed by atoms with Crippen LogP contribution < -0.4 is 0 Å². The number of hydrogen-bond donors (Lipinski definition) is 0. The van der Waals surface area contributed by atoms with Crippen molar-refractivity contribution < 1.29 is 0 Å². The first-order valence-electron chi connectivity index (χ1n) is 3.67. The quantitative estimate of drug-likeness (QED) is 0.501. The van der Waals surface area contributed by atoms with Gasteiger partial charge in [0.05, 0.1) is 0 Å². The monoisotopic (exact) mass is 122 g/mol. The molecule has 0 amide bonds. The van der Waals surface area contributed by atoms with E-state index >= 15 is 0 Å². The molecule has 0 unspecified atom stereocenters. The van der Waals surface area contributed by atoms with Gasteiger partial charge in [-0.05, 0) is 38.7 Å². The summed E-state index contributed by atoms with van der Waals surface area (Å²) in [6.45, 7) is 4.30. The largest absolute Gasteiger partial charge is 0.0845 e. The zero-order valence-electron chi connectivity index (χ0n) is 6.28. The Morgan fingerprint density at radius 3 is 2.89 bits per heavy atom. The minimum atomic E-state index is 1.29. The van der Waals surface area contributed by atoms with Gasteiger partial charge >= 0.3 is 0 Å². The Morgan fingerprint density at radius 2 is 2.44 bits per heavy atom. The molecule has 0 fully saturated rings. The zero-order valence-corrected chi connectivity index (χ0v) is 6.28. The van der Waals surface area contributed by atoms with E-state index in [2.05, 4.69) is 26.0 Å². The third-order valence-electron chi connectivity index (χ3n) is 1.98. The van der Waals surface area contributed by atoms with E-state index in [4.69, 9.17) is 0 Å². The van der Waals surface area contributed by atoms with Crippen molar-refractivity contribution in [2.24, 2.45) is 0 Å². The van der Waals surface area contributed by atoms with Gasteiger partial charge in [-0.3, -0.25) is 0 Å². The fourth-order valence-corrected chi connectivity index (χ4v) is 1.21. The van der Waals surface area contributed by atoms with Gasteiger partial charge in [-0.15, -0.1) is 0 Å². The summed E-state index contributed by atoms with van der Waals surface area (Å²) >= 11 is 0. The molecule has 0 aliphatic heterocycles. The third kappa shape index (κ3) is 1.44. The predicted octanol–water partition coefficient (Wildman–Crippen LogP) is 3.06. The van der Waals surface area contributed by atoms with Crippen LogP contribution in [0.3, 0.4) is 0 Å². The van der Waals surface area contributed by atoms with Gasteiger partial charge in [-0.25, -0.2) is 0 Å². The second kappa shape index (κ2) is 2.86. The zero-order chi connectivity index (χ0) is 6.69. The van der Waals surface area contributed by atoms with Crippen LogP contribution in [0.1, 0.15) is 33.1 Å². The van der Waals surface area contributed by atoms with Gasteiger partial charge in [-0.2, -0.15) is 0 Å². The van der Waals surface area contributed by atoms with Crippen LogP contribution in [0.25, 0.3) is 0 Å². The molecule has 50 valence electrons. The maximum absolute atomic E-state index is 2.36. The number of hydrogen-bond acceptors (Lipinski definition) is 0. The van der Waals surface area contributed by atoms with E-state index in [-0.39, 0.29) is 0 Å². The van der Waals surface area contributed by atoms with Crippen LogP contribution in [0.4, 0.5) is 0 Å². The average Bonchev–Trinajstić information content (AvgIpc) is 2.37. The van der Waals surface area contributed by atoms with Crippen molar-refractivity contribution in [1.29, 1.82) is 0 Å². The molecule has 0 aromatic rings. The second-order valence-electron chi connectivity index (χ2n) is 2.59. The summed E-state index contributed by atoms with van der Waals surface area (Å²) in [6.07, 6.45) is 8.50. The topological polar surface area (TPSA) is 0 Å². The lowest BCUT2D eigenvalue weighted by molar-refractivity contribution is 0.909. The smallest absolute Gasteiger partial charge is 0.0277 e. The lowest BCUT2D eigenvalue weighted by atomic mass is 10.1. The van der Waals surface area contributed by atoms with Crippen molar-refractivity contribution in [3.8, 4) is 0 Å². The first-order valence-corrected chi connectivity index (χ1v) is 3.67. The van der Waals surface area contributed by atoms with Crippen LogP contribution in [0, 0.1) is 0 Å². The summed E-state index contributed by atoms with van der Waals surface area (Å²) in [5.74, 6) is 0. The van der Waals surface area contributed by atoms with Crippen molar-refractivity contribution in [2.75, 3.05) is 0 Å². The molecule has 0 spiro atoms. The Bertz CT molecular complexity index is 149. The number of allylic oxidation sites excluding steroid dienone is 4. The van der Waals surface area contributed by atoms with E-state index in [1.54, 1.807) is 5.57 Å². The van der Waals surface area contributed by atoms with Crippen molar-refractivity contribution >= 4 is 0 Å². The molecule has 1 rings (SSSR count). The van der Waals surface area contributed by atoms with Gasteiger partial charge in [0.15, 0.2) is 0 Å². The molecule has 0 N–H and O–H groups in total. The molecule has 0 saturated heterocycles. The fraction of sp³-hybridized carbons (Fsp3) is 0.556. The van der Waals surface area contributed by atoms with Gasteiger partial charge in [0, 0.05) is 0 Å². The van der Waals surface area contributed by atoms with Crippen molar-refractivity contribution in [3.63, 3.8) is 0 Å². The average molecular weight is 122 g/mol. The Balaban J connectivity index is 2.61. The molecule has 0 heteroatoms. The first kappa shape index (κ1) is 6.60. The van der Waals surface area contributed by atoms with E-state index < -0.39 is 0 Å². The Morgan fingerprint density at radius 1 is 1.67 bits per heavy atom. The first-order chi connectivity index (χ1) is 4.34. The van der Waals surface area contributed by atoms with E-state index in [0.717, 1.165) is 0 Å². The fourth-order valence-electron chi connectivity index (χ4n) is 1.21. The molecule has 0 bridgehead atoms. The Kier molecular flexibility index (Phi) is 2.10. The van der Waals surface area contributed by atoms with Crippen LogP contribution in [0.15, 0.2) is 23.3 Å². The molecule has 0 heterocycles. The highest BCUT2D eigenvalue weighted by Gasteiger charge is 2.03. The summed E-state index contributed by atoms with van der Waals surface area (Å²) in [5.41, 5.74) is 3.03. The van der Waals surface area contributed by atoms with Crippen molar-refractivity contribution in [1.82, 2.24) is 0 Å². The van der Waals surface area contributed by atoms with Crippen LogP contribution in [-0.4, -0.2) is 0 Å². The molecule has 1 aliphatic rings. The van der Waals surface area contributed by atoms with Gasteiger partial charge in [-0.1, -0.05) is 17.7 Å². The van der Waals surface area contributed by atoms with Crippen molar-refractivity contribution in [3.05, 3.63) is 23.3 Å². The van der Waals surface area contributed by atoms with Crippen LogP contribution >= 0.6 is 0 Å². The highest BCUT2D eigenvalue weighted by molar-refractivity contribution is 5.30. The van der Waals surface area contributed by atoms with Gasteiger partial charge in [0.2, 0.25) is 0 Å². The molecule has 9 heavy (non-hydrogen) atoms. The van der Waals surface area contributed by atoms with Gasteiger partial charge in [0.1, 0.15) is 0 Å². The SMILES string of the molecule is CC=C(C)C1=CCCC1. The van der Waals surface area contributed by atoms with Gasteiger partial charge in [0.25, 0.3) is 0 Å². The molecule has 0 aromatic carbocycles. The standard InChI is InChI=1S/C9H14/c1-3-8(2)9-6-4-5-7-9/h3,6H,4-5,7H2,1-2H3. The van der Waals surface area contributed by atoms with Crippen LogP contribution in [-0.2, 0) is 0 Å². The highest BCUT2D eigenvalue weighted by atomic mass is 14.1. The van der Waals surface area contributed by atoms with Crippen LogP contribution in [0.5, 0.6) is 0 Å². The molecule has 0 nitrogen and oxygen atoms in total. The van der Waals surface area contributed by atoms with E-state index in [1.807, 2.05) is 0 Å². The third-order valence-corrected chi connectivity index (χ3v) is 1.98. The second-order valence-corrected chi connectivity index (χ2v) is 2.59. The van der Waals surface area contributed by atoms with E-state index in [0.29, 0.717) is 0 Å². The summed E-state index contributed by atoms with van der Waals surface area (Å²) < 4.78 is 0. The normalized spacial score (nSPS) is 20.2. The number of rotatable bonds is 1. The maximum atomic E-state index is 2.36. The molecule has 0 radical (unpaired) electrons. The lowest BCUT2D eigenvalue weighted by Gasteiger charge is -1.97. The van der Waals surface area contributed by atoms with E-state index in [9.17, 15) is 0 Å². The summed E-state index contributed by atoms with van der Waals surface area (Å²) in [7, 11) is 0. The minimum absolute atomic E-state index is 1.29. The molecular formula is C9H14. The predicted molar refractivity (Wildman–Crippen MR) is 41.4 cm³/mol. The summed E-state index contributed by atoms with van der Waals surface area (Å²) in [4.78, 5) is 0. The molecule has 0 atom stereocenters. The molecular weight excluding hydrogens is 108 g/mol. The Hall–Kier alpha value is -0.520. The van der Waals surface area contributed by atoms with E-state index in [1.165, 1.54) is 24.8 Å². The minimum Gasteiger partial charge on any atom is -0.0845 e. The lowest BCUT2D eigenvalue weighted by Crippen LogP contribution is -1.77. The summed E-state index contributed by atoms with van der Waals surface area (Å²) in [5, 5.41) is 0. The summed E-state index contributed by atoms with van der Waals surface area (Å²) in [6, 6.07) is 0. The highest BCUT2D eigenvalue weighted by Crippen LogP contribution is 2.23. The molecule has 0 saturated carbocycles. The van der Waals surface area contributed by atoms with Gasteiger partial charge < -0.3 is 0 Å². The van der Waals surface area contributed by atoms with Crippen molar-refractivity contribution in [2.45, 2.75) is 33.1 Å². The maximum Gasteiger partial charge on any atom is -0.0277 e. The Labute approximate surface area is 57.3 Å².